The first kappa shape index (κ1) is 19.1. The van der Waals surface area contributed by atoms with E-state index in [4.69, 9.17) is 4.74 Å². The van der Waals surface area contributed by atoms with Gasteiger partial charge in [0.15, 0.2) is 6.61 Å². The Bertz CT molecular complexity index is 838. The summed E-state index contributed by atoms with van der Waals surface area (Å²) in [7, 11) is 0. The molecule has 1 amide bonds. The van der Waals surface area contributed by atoms with Crippen LogP contribution in [0.25, 0.3) is 10.2 Å². The molecule has 0 aliphatic carbocycles. The number of thiophene rings is 1. The number of hydrogen-bond donors (Lipinski definition) is 1. The molecule has 1 N–H and O–H groups in total. The third kappa shape index (κ3) is 4.88. The zero-order chi connectivity index (χ0) is 18.6. The van der Waals surface area contributed by atoms with Crippen LogP contribution >= 0.6 is 11.3 Å². The van der Waals surface area contributed by atoms with Crippen LogP contribution in [-0.4, -0.2) is 34.6 Å². The molecule has 0 atom stereocenters. The number of ether oxygens (including phenoxy) is 1. The predicted octanol–water partition coefficient (Wildman–Crippen LogP) is 1.78. The Kier molecular flexibility index (Phi) is 6.30. The number of carbonyl (C=O) groups is 2. The Labute approximate surface area is 150 Å². The summed E-state index contributed by atoms with van der Waals surface area (Å²) < 4.78 is 6.14. The van der Waals surface area contributed by atoms with Gasteiger partial charge >= 0.3 is 5.97 Å². The van der Waals surface area contributed by atoms with E-state index >= 15 is 0 Å². The number of esters is 1. The van der Waals surface area contributed by atoms with E-state index in [0.29, 0.717) is 22.7 Å². The number of rotatable bonds is 7. The van der Waals surface area contributed by atoms with Gasteiger partial charge in [0, 0.05) is 11.4 Å². The second kappa shape index (κ2) is 8.24. The molecule has 0 bridgehead atoms. The van der Waals surface area contributed by atoms with Gasteiger partial charge in [0.2, 0.25) is 0 Å². The molecule has 0 saturated heterocycles. The highest BCUT2D eigenvalue weighted by Gasteiger charge is 2.15. The van der Waals surface area contributed by atoms with E-state index in [0.717, 1.165) is 16.9 Å². The van der Waals surface area contributed by atoms with Crippen molar-refractivity contribution in [3.05, 3.63) is 27.1 Å². The highest BCUT2D eigenvalue weighted by Crippen LogP contribution is 2.25. The minimum absolute atomic E-state index is 0.268. The summed E-state index contributed by atoms with van der Waals surface area (Å²) in [4.78, 5) is 41.9. The van der Waals surface area contributed by atoms with Crippen molar-refractivity contribution in [2.75, 3.05) is 13.2 Å². The maximum Gasteiger partial charge on any atom is 0.326 e. The van der Waals surface area contributed by atoms with Crippen molar-refractivity contribution >= 4 is 33.4 Å². The van der Waals surface area contributed by atoms with Gasteiger partial charge in [-0.3, -0.25) is 19.0 Å². The summed E-state index contributed by atoms with van der Waals surface area (Å²) >= 11 is 1.45. The van der Waals surface area contributed by atoms with Crippen LogP contribution in [0.15, 0.2) is 11.1 Å². The van der Waals surface area contributed by atoms with Gasteiger partial charge in [0.25, 0.3) is 11.5 Å². The number of carbonyl (C=O) groups excluding carboxylic acids is 2. The number of nitrogens with one attached hydrogen (secondary N) is 1. The summed E-state index contributed by atoms with van der Waals surface area (Å²) in [6.07, 6.45) is 2.20. The Morgan fingerprint density at radius 3 is 2.76 bits per heavy atom. The third-order valence-electron chi connectivity index (χ3n) is 3.86. The third-order valence-corrected chi connectivity index (χ3v) is 4.98. The van der Waals surface area contributed by atoms with E-state index in [1.807, 2.05) is 13.8 Å². The minimum atomic E-state index is -0.646. The van der Waals surface area contributed by atoms with Crippen molar-refractivity contribution in [2.24, 2.45) is 5.92 Å². The number of aryl methyl sites for hydroxylation is 2. The Morgan fingerprint density at radius 2 is 2.08 bits per heavy atom. The summed E-state index contributed by atoms with van der Waals surface area (Å²) in [5.41, 5.74) is 0.606. The zero-order valence-corrected chi connectivity index (χ0v) is 15.7. The van der Waals surface area contributed by atoms with Crippen molar-refractivity contribution < 1.29 is 14.3 Å². The van der Waals surface area contributed by atoms with E-state index < -0.39 is 5.97 Å². The Morgan fingerprint density at radius 1 is 1.36 bits per heavy atom. The fraction of sp³-hybridized carbons (Fsp3) is 0.529. The average Bonchev–Trinajstić information content (AvgIpc) is 2.83. The summed E-state index contributed by atoms with van der Waals surface area (Å²) in [5.74, 6) is -0.507. The van der Waals surface area contributed by atoms with Crippen LogP contribution in [0.1, 0.15) is 30.7 Å². The minimum Gasteiger partial charge on any atom is -0.454 e. The van der Waals surface area contributed by atoms with Crippen molar-refractivity contribution in [1.29, 1.82) is 0 Å². The monoisotopic (exact) mass is 365 g/mol. The molecule has 0 saturated carbocycles. The number of amides is 1. The van der Waals surface area contributed by atoms with Crippen LogP contribution < -0.4 is 10.9 Å². The standard InChI is InChI=1S/C17H23N3O4S/c1-10(2)5-6-18-13(21)8-24-14(22)7-20-9-19-16-15(17(20)23)11(3)12(4)25-16/h9-10H,5-8H2,1-4H3,(H,18,21). The molecule has 0 spiro atoms. The lowest BCUT2D eigenvalue weighted by molar-refractivity contribution is -0.149. The first-order valence-corrected chi connectivity index (χ1v) is 8.98. The number of fused-ring (bicyclic) bond motifs is 1. The molecule has 25 heavy (non-hydrogen) atoms. The molecule has 2 aromatic rings. The molecule has 0 aliphatic rings. The zero-order valence-electron chi connectivity index (χ0n) is 14.9. The summed E-state index contributed by atoms with van der Waals surface area (Å²) in [5, 5.41) is 3.22. The maximum absolute atomic E-state index is 12.5. The molecule has 0 fully saturated rings. The second-order valence-electron chi connectivity index (χ2n) is 6.33. The lowest BCUT2D eigenvalue weighted by Crippen LogP contribution is -2.32. The fourth-order valence-corrected chi connectivity index (χ4v) is 3.25. The van der Waals surface area contributed by atoms with Gasteiger partial charge in [-0.15, -0.1) is 11.3 Å². The second-order valence-corrected chi connectivity index (χ2v) is 7.54. The molecule has 2 heterocycles. The topological polar surface area (TPSA) is 90.3 Å². The maximum atomic E-state index is 12.5. The highest BCUT2D eigenvalue weighted by atomic mass is 32.1. The molecular weight excluding hydrogens is 342 g/mol. The molecule has 136 valence electrons. The summed E-state index contributed by atoms with van der Waals surface area (Å²) in [6.45, 7) is 7.84. The number of nitrogens with zero attached hydrogens (tertiary/aromatic N) is 2. The molecule has 2 rings (SSSR count). The smallest absolute Gasteiger partial charge is 0.326 e. The van der Waals surface area contributed by atoms with Crippen LogP contribution in [0.3, 0.4) is 0 Å². The number of aromatic nitrogens is 2. The van der Waals surface area contributed by atoms with Gasteiger partial charge in [0.1, 0.15) is 11.4 Å². The molecule has 2 aromatic heterocycles. The van der Waals surface area contributed by atoms with E-state index in [1.165, 1.54) is 22.2 Å². The largest absolute Gasteiger partial charge is 0.454 e. The summed E-state index contributed by atoms with van der Waals surface area (Å²) in [6, 6.07) is 0. The van der Waals surface area contributed by atoms with Crippen molar-refractivity contribution in [1.82, 2.24) is 14.9 Å². The van der Waals surface area contributed by atoms with E-state index in [9.17, 15) is 14.4 Å². The van der Waals surface area contributed by atoms with Gasteiger partial charge in [-0.1, -0.05) is 13.8 Å². The van der Waals surface area contributed by atoms with Crippen LogP contribution in [0.2, 0.25) is 0 Å². The molecule has 0 aromatic carbocycles. The van der Waals surface area contributed by atoms with Crippen LogP contribution in [0.4, 0.5) is 0 Å². The Hall–Kier alpha value is -2.22. The van der Waals surface area contributed by atoms with E-state index in [2.05, 4.69) is 24.1 Å². The molecule has 0 unspecified atom stereocenters. The lowest BCUT2D eigenvalue weighted by Gasteiger charge is -2.09. The lowest BCUT2D eigenvalue weighted by atomic mass is 10.1. The molecule has 0 aliphatic heterocycles. The van der Waals surface area contributed by atoms with Gasteiger partial charge < -0.3 is 10.1 Å². The first-order chi connectivity index (χ1) is 11.8. The SMILES string of the molecule is Cc1sc2ncn(CC(=O)OCC(=O)NCCC(C)C)c(=O)c2c1C. The van der Waals surface area contributed by atoms with Gasteiger partial charge in [0.05, 0.1) is 11.7 Å². The van der Waals surface area contributed by atoms with Crippen molar-refractivity contribution in [3.8, 4) is 0 Å². The van der Waals surface area contributed by atoms with E-state index in [-0.39, 0.29) is 24.6 Å². The number of hydrogen-bond acceptors (Lipinski definition) is 6. The van der Waals surface area contributed by atoms with Gasteiger partial charge in [-0.2, -0.15) is 0 Å². The van der Waals surface area contributed by atoms with Crippen molar-refractivity contribution in [3.63, 3.8) is 0 Å². The van der Waals surface area contributed by atoms with Gasteiger partial charge in [-0.25, -0.2) is 4.98 Å². The normalized spacial score (nSPS) is 11.1. The predicted molar refractivity (Wildman–Crippen MR) is 96.8 cm³/mol. The van der Waals surface area contributed by atoms with Crippen molar-refractivity contribution in [2.45, 2.75) is 40.7 Å². The fourth-order valence-electron chi connectivity index (χ4n) is 2.26. The Balaban J connectivity index is 1.94. The molecular formula is C17H23N3O4S. The first-order valence-electron chi connectivity index (χ1n) is 8.17. The van der Waals surface area contributed by atoms with Gasteiger partial charge in [-0.05, 0) is 31.7 Å². The molecule has 8 heteroatoms. The molecule has 7 nitrogen and oxygen atoms in total. The van der Waals surface area contributed by atoms with Crippen LogP contribution in [-0.2, 0) is 20.9 Å². The molecule has 0 radical (unpaired) electrons. The van der Waals surface area contributed by atoms with Crippen LogP contribution in [0, 0.1) is 19.8 Å². The average molecular weight is 365 g/mol. The van der Waals surface area contributed by atoms with Crippen LogP contribution in [0.5, 0.6) is 0 Å². The van der Waals surface area contributed by atoms with E-state index in [1.54, 1.807) is 0 Å². The quantitative estimate of drug-likeness (QED) is 0.756. The highest BCUT2D eigenvalue weighted by molar-refractivity contribution is 7.18.